The van der Waals surface area contributed by atoms with E-state index in [0.29, 0.717) is 12.0 Å². The Morgan fingerprint density at radius 2 is 1.90 bits per heavy atom. The third kappa shape index (κ3) is 3.22. The van der Waals surface area contributed by atoms with Crippen molar-refractivity contribution in [3.63, 3.8) is 0 Å². The highest BCUT2D eigenvalue weighted by molar-refractivity contribution is 5.34. The van der Waals surface area contributed by atoms with Crippen LogP contribution in [0.4, 0.5) is 0 Å². The average molecular weight is 274 g/mol. The number of morpholine rings is 1. The van der Waals surface area contributed by atoms with E-state index in [2.05, 4.69) is 41.4 Å². The van der Waals surface area contributed by atoms with E-state index in [1.807, 2.05) is 0 Å². The van der Waals surface area contributed by atoms with Crippen molar-refractivity contribution in [3.8, 4) is 0 Å². The van der Waals surface area contributed by atoms with Crippen LogP contribution in [0.2, 0.25) is 0 Å². The molecule has 110 valence electrons. The smallest absolute Gasteiger partial charge is 0.0594 e. The lowest BCUT2D eigenvalue weighted by atomic mass is 9.81. The summed E-state index contributed by atoms with van der Waals surface area (Å²) in [5.41, 5.74) is 3.07. The summed E-state index contributed by atoms with van der Waals surface area (Å²) in [5, 5.41) is 3.76. The van der Waals surface area contributed by atoms with Crippen molar-refractivity contribution in [3.05, 3.63) is 35.4 Å². The molecular weight excluding hydrogens is 248 g/mol. The summed E-state index contributed by atoms with van der Waals surface area (Å²) in [7, 11) is 0. The predicted molar refractivity (Wildman–Crippen MR) is 82.1 cm³/mol. The van der Waals surface area contributed by atoms with Crippen LogP contribution in [0.15, 0.2) is 24.3 Å². The molecule has 1 fully saturated rings. The number of ether oxygens (including phenoxy) is 1. The lowest BCUT2D eigenvalue weighted by Crippen LogP contribution is -2.41. The molecule has 0 radical (unpaired) electrons. The van der Waals surface area contributed by atoms with Crippen molar-refractivity contribution in [2.45, 2.75) is 31.7 Å². The zero-order valence-corrected chi connectivity index (χ0v) is 12.5. The molecule has 1 aliphatic carbocycles. The maximum absolute atomic E-state index is 5.39. The molecular formula is C17H26N2O. The van der Waals surface area contributed by atoms with Crippen molar-refractivity contribution in [1.82, 2.24) is 10.2 Å². The van der Waals surface area contributed by atoms with Gasteiger partial charge in [-0.25, -0.2) is 0 Å². The molecule has 1 heterocycles. The van der Waals surface area contributed by atoms with E-state index < -0.39 is 0 Å². The van der Waals surface area contributed by atoms with Gasteiger partial charge in [0.2, 0.25) is 0 Å². The second kappa shape index (κ2) is 6.70. The van der Waals surface area contributed by atoms with Crippen LogP contribution in [0.1, 0.15) is 42.9 Å². The van der Waals surface area contributed by atoms with Crippen LogP contribution in [0.5, 0.6) is 0 Å². The van der Waals surface area contributed by atoms with Crippen LogP contribution < -0.4 is 5.32 Å². The first-order valence-corrected chi connectivity index (χ1v) is 7.97. The summed E-state index contributed by atoms with van der Waals surface area (Å²) in [5.74, 6) is 0.712. The molecule has 2 aliphatic rings. The number of hydrogen-bond donors (Lipinski definition) is 1. The van der Waals surface area contributed by atoms with Gasteiger partial charge in [0.05, 0.1) is 13.2 Å². The van der Waals surface area contributed by atoms with Gasteiger partial charge in [0.25, 0.3) is 0 Å². The molecule has 20 heavy (non-hydrogen) atoms. The predicted octanol–water partition coefficient (Wildman–Crippen LogP) is 2.55. The van der Waals surface area contributed by atoms with E-state index in [4.69, 9.17) is 4.74 Å². The van der Waals surface area contributed by atoms with Crippen LogP contribution in [0.25, 0.3) is 0 Å². The van der Waals surface area contributed by atoms with Gasteiger partial charge in [-0.05, 0) is 29.9 Å². The second-order valence-corrected chi connectivity index (χ2v) is 6.07. The molecule has 0 bridgehead atoms. The van der Waals surface area contributed by atoms with Crippen molar-refractivity contribution >= 4 is 0 Å². The van der Waals surface area contributed by atoms with Gasteiger partial charge in [-0.2, -0.15) is 0 Å². The molecule has 3 heteroatoms. The topological polar surface area (TPSA) is 24.5 Å². The molecule has 1 saturated heterocycles. The number of benzene rings is 1. The van der Waals surface area contributed by atoms with Gasteiger partial charge in [0.15, 0.2) is 0 Å². The van der Waals surface area contributed by atoms with Crippen molar-refractivity contribution in [2.24, 2.45) is 0 Å². The van der Waals surface area contributed by atoms with Crippen LogP contribution in [0, 0.1) is 0 Å². The Hall–Kier alpha value is -0.900. The summed E-state index contributed by atoms with van der Waals surface area (Å²) in [6.07, 6.45) is 2.56. The highest BCUT2D eigenvalue weighted by Gasteiger charge is 2.23. The fourth-order valence-corrected chi connectivity index (χ4v) is 3.44. The number of rotatable bonds is 4. The number of fused-ring (bicyclic) bond motifs is 1. The Bertz CT molecular complexity index is 429. The van der Waals surface area contributed by atoms with E-state index in [1.165, 1.54) is 18.4 Å². The van der Waals surface area contributed by atoms with E-state index in [1.54, 1.807) is 5.56 Å². The summed E-state index contributed by atoms with van der Waals surface area (Å²) in [6.45, 7) is 8.52. The van der Waals surface area contributed by atoms with Crippen molar-refractivity contribution in [2.75, 3.05) is 39.4 Å². The minimum Gasteiger partial charge on any atom is -0.379 e. The van der Waals surface area contributed by atoms with Gasteiger partial charge < -0.3 is 10.1 Å². The zero-order chi connectivity index (χ0) is 13.8. The highest BCUT2D eigenvalue weighted by Crippen LogP contribution is 2.36. The summed E-state index contributed by atoms with van der Waals surface area (Å²) in [4.78, 5) is 2.49. The third-order valence-corrected chi connectivity index (χ3v) is 4.71. The molecule has 2 atom stereocenters. The Labute approximate surface area is 122 Å². The quantitative estimate of drug-likeness (QED) is 0.913. The molecule has 1 N–H and O–H groups in total. The molecule has 1 aliphatic heterocycles. The standard InChI is InChI=1S/C17H26N2O/c1-14-6-7-17(16-5-3-2-4-15(14)16)18-8-9-19-10-12-20-13-11-19/h2-5,14,17-18H,6-13H2,1H3. The Kier molecular flexibility index (Phi) is 4.71. The fourth-order valence-electron chi connectivity index (χ4n) is 3.44. The minimum absolute atomic E-state index is 0.545. The normalized spacial score (nSPS) is 27.2. The third-order valence-electron chi connectivity index (χ3n) is 4.71. The van der Waals surface area contributed by atoms with Crippen molar-refractivity contribution in [1.29, 1.82) is 0 Å². The highest BCUT2D eigenvalue weighted by atomic mass is 16.5. The number of nitrogens with one attached hydrogen (secondary N) is 1. The summed E-state index contributed by atoms with van der Waals surface area (Å²) in [6, 6.07) is 9.50. The van der Waals surface area contributed by atoms with Crippen LogP contribution in [-0.4, -0.2) is 44.3 Å². The molecule has 3 rings (SSSR count). The molecule has 0 spiro atoms. The monoisotopic (exact) mass is 274 g/mol. The lowest BCUT2D eigenvalue weighted by molar-refractivity contribution is 0.0380. The molecule has 0 amide bonds. The van der Waals surface area contributed by atoms with E-state index in [9.17, 15) is 0 Å². The number of hydrogen-bond acceptors (Lipinski definition) is 3. The van der Waals surface area contributed by atoms with Gasteiger partial charge in [-0.3, -0.25) is 4.90 Å². The van der Waals surface area contributed by atoms with Gasteiger partial charge in [-0.15, -0.1) is 0 Å². The van der Waals surface area contributed by atoms with Crippen LogP contribution >= 0.6 is 0 Å². The molecule has 3 nitrogen and oxygen atoms in total. The summed E-state index contributed by atoms with van der Waals surface area (Å²) >= 11 is 0. The first-order chi connectivity index (χ1) is 9.84. The molecule has 2 unspecified atom stereocenters. The molecule has 0 aromatic heterocycles. The SMILES string of the molecule is CC1CCC(NCCN2CCOCC2)c2ccccc21. The van der Waals surface area contributed by atoms with Gasteiger partial charge in [0, 0.05) is 32.2 Å². The van der Waals surface area contributed by atoms with Crippen molar-refractivity contribution < 1.29 is 4.74 Å². The van der Waals surface area contributed by atoms with E-state index in [-0.39, 0.29) is 0 Å². The second-order valence-electron chi connectivity index (χ2n) is 6.07. The molecule has 1 aromatic rings. The Morgan fingerprint density at radius 3 is 2.70 bits per heavy atom. The largest absolute Gasteiger partial charge is 0.379 e. The lowest BCUT2D eigenvalue weighted by Gasteiger charge is -2.32. The maximum atomic E-state index is 5.39. The van der Waals surface area contributed by atoms with Gasteiger partial charge in [-0.1, -0.05) is 31.2 Å². The zero-order valence-electron chi connectivity index (χ0n) is 12.5. The number of nitrogens with zero attached hydrogens (tertiary/aromatic N) is 1. The van der Waals surface area contributed by atoms with Crippen LogP contribution in [0.3, 0.4) is 0 Å². The fraction of sp³-hybridized carbons (Fsp3) is 0.647. The first kappa shape index (κ1) is 14.1. The molecule has 1 aromatic carbocycles. The summed E-state index contributed by atoms with van der Waals surface area (Å²) < 4.78 is 5.39. The van der Waals surface area contributed by atoms with Gasteiger partial charge >= 0.3 is 0 Å². The Morgan fingerprint density at radius 1 is 1.15 bits per heavy atom. The Balaban J connectivity index is 1.54. The maximum Gasteiger partial charge on any atom is 0.0594 e. The van der Waals surface area contributed by atoms with Crippen LogP contribution in [-0.2, 0) is 4.74 Å². The van der Waals surface area contributed by atoms with E-state index in [0.717, 1.165) is 39.4 Å². The minimum atomic E-state index is 0.545. The van der Waals surface area contributed by atoms with E-state index >= 15 is 0 Å². The molecule has 0 saturated carbocycles. The van der Waals surface area contributed by atoms with Gasteiger partial charge in [0.1, 0.15) is 0 Å². The first-order valence-electron chi connectivity index (χ1n) is 7.97. The average Bonchev–Trinajstić information content (AvgIpc) is 2.51.